The molecule has 0 bridgehead atoms. The minimum absolute atomic E-state index is 0.105. The van der Waals surface area contributed by atoms with Crippen LogP contribution in [0.1, 0.15) is 23.1 Å². The summed E-state index contributed by atoms with van der Waals surface area (Å²) in [5.41, 5.74) is 1.31. The number of halogens is 2. The van der Waals surface area contributed by atoms with Crippen LogP contribution in [0.15, 0.2) is 45.6 Å². The Morgan fingerprint density at radius 3 is 2.57 bits per heavy atom. The molecule has 0 saturated carbocycles. The number of carbonyl (C=O) groups is 1. The molecule has 1 aromatic heterocycles. The molecule has 1 N–H and O–H groups in total. The second kappa shape index (κ2) is 8.21. The summed E-state index contributed by atoms with van der Waals surface area (Å²) in [4.78, 5) is 23.7. The van der Waals surface area contributed by atoms with Crippen molar-refractivity contribution in [1.82, 2.24) is 5.32 Å². The van der Waals surface area contributed by atoms with E-state index in [-0.39, 0.29) is 24.4 Å². The van der Waals surface area contributed by atoms with Gasteiger partial charge in [0.1, 0.15) is 23.0 Å². The van der Waals surface area contributed by atoms with E-state index in [1.165, 1.54) is 19.2 Å². The van der Waals surface area contributed by atoms with Gasteiger partial charge in [0.2, 0.25) is 5.91 Å². The third-order valence-electron chi connectivity index (χ3n) is 4.50. The van der Waals surface area contributed by atoms with E-state index in [0.29, 0.717) is 17.8 Å². The predicted molar refractivity (Wildman–Crippen MR) is 100 cm³/mol. The maximum absolute atomic E-state index is 13.6. The summed E-state index contributed by atoms with van der Waals surface area (Å²) in [7, 11) is 1.49. The van der Waals surface area contributed by atoms with Gasteiger partial charge in [0.05, 0.1) is 7.11 Å². The third-order valence-corrected chi connectivity index (χ3v) is 4.50. The van der Waals surface area contributed by atoms with Gasteiger partial charge in [-0.1, -0.05) is 6.07 Å². The minimum atomic E-state index is -0.700. The Kier molecular flexibility index (Phi) is 5.73. The molecule has 1 heterocycles. The highest BCUT2D eigenvalue weighted by Gasteiger charge is 2.13. The maximum Gasteiger partial charge on any atom is 0.336 e. The predicted octanol–water partition coefficient (Wildman–Crippen LogP) is 3.64. The fraction of sp³-hybridized carbons (Fsp3) is 0.238. The number of carbonyl (C=O) groups excluding carboxylic acids is 1. The van der Waals surface area contributed by atoms with Crippen molar-refractivity contribution < 1.29 is 22.7 Å². The topological polar surface area (TPSA) is 68.5 Å². The van der Waals surface area contributed by atoms with Crippen LogP contribution in [-0.4, -0.2) is 13.0 Å². The molecule has 2 aromatic carbocycles. The van der Waals surface area contributed by atoms with Gasteiger partial charge in [-0.2, -0.15) is 0 Å². The van der Waals surface area contributed by atoms with Crippen molar-refractivity contribution in [3.8, 4) is 5.75 Å². The monoisotopic (exact) mass is 387 g/mol. The highest BCUT2D eigenvalue weighted by Crippen LogP contribution is 2.28. The first-order valence-corrected chi connectivity index (χ1v) is 8.70. The molecule has 0 unspecified atom stereocenters. The summed E-state index contributed by atoms with van der Waals surface area (Å²) in [5, 5.41) is 3.28. The summed E-state index contributed by atoms with van der Waals surface area (Å²) >= 11 is 0. The average Bonchev–Trinajstić information content (AvgIpc) is 2.65. The zero-order valence-electron chi connectivity index (χ0n) is 15.5. The largest absolute Gasteiger partial charge is 0.496 e. The van der Waals surface area contributed by atoms with Crippen LogP contribution < -0.4 is 15.7 Å². The summed E-state index contributed by atoms with van der Waals surface area (Å²) in [6, 6.07) is 8.39. The van der Waals surface area contributed by atoms with Gasteiger partial charge >= 0.3 is 5.63 Å². The number of rotatable bonds is 6. The third kappa shape index (κ3) is 4.19. The normalized spacial score (nSPS) is 10.9. The molecule has 0 saturated heterocycles. The van der Waals surface area contributed by atoms with E-state index >= 15 is 0 Å². The van der Waals surface area contributed by atoms with Crippen molar-refractivity contribution in [2.45, 2.75) is 26.3 Å². The number of nitrogens with one attached hydrogen (secondary N) is 1. The lowest BCUT2D eigenvalue weighted by molar-refractivity contribution is -0.121. The van der Waals surface area contributed by atoms with Crippen LogP contribution in [0.3, 0.4) is 0 Å². The van der Waals surface area contributed by atoms with Crippen molar-refractivity contribution >= 4 is 16.9 Å². The summed E-state index contributed by atoms with van der Waals surface area (Å²) in [5.74, 6) is -1.25. The van der Waals surface area contributed by atoms with E-state index < -0.39 is 17.3 Å². The highest BCUT2D eigenvalue weighted by molar-refractivity contribution is 5.83. The second-order valence-electron chi connectivity index (χ2n) is 6.39. The molecule has 0 radical (unpaired) electrons. The SMILES string of the molecule is COc1cc2oc(=O)cc(C)c2cc1CCC(=O)NCc1c(F)cccc1F. The van der Waals surface area contributed by atoms with Gasteiger partial charge in [-0.25, -0.2) is 13.6 Å². The number of benzene rings is 2. The molecule has 7 heteroatoms. The first-order valence-electron chi connectivity index (χ1n) is 8.70. The Balaban J connectivity index is 1.72. The number of methoxy groups -OCH3 is 1. The van der Waals surface area contributed by atoms with Crippen LogP contribution in [0.2, 0.25) is 0 Å². The zero-order chi connectivity index (χ0) is 20.3. The van der Waals surface area contributed by atoms with Crippen molar-refractivity contribution in [2.24, 2.45) is 0 Å². The van der Waals surface area contributed by atoms with Crippen LogP contribution in [0.25, 0.3) is 11.0 Å². The van der Waals surface area contributed by atoms with Crippen LogP contribution in [0.4, 0.5) is 8.78 Å². The van der Waals surface area contributed by atoms with Gasteiger partial charge in [0, 0.05) is 36.0 Å². The molecule has 0 aliphatic heterocycles. The van der Waals surface area contributed by atoms with Crippen molar-refractivity contribution in [2.75, 3.05) is 7.11 Å². The highest BCUT2D eigenvalue weighted by atomic mass is 19.1. The molecular formula is C21H19F2NO4. The van der Waals surface area contributed by atoms with Gasteiger partial charge in [-0.15, -0.1) is 0 Å². The van der Waals surface area contributed by atoms with Gasteiger partial charge < -0.3 is 14.5 Å². The Morgan fingerprint density at radius 2 is 1.89 bits per heavy atom. The fourth-order valence-electron chi connectivity index (χ4n) is 3.00. The van der Waals surface area contributed by atoms with E-state index in [1.54, 1.807) is 13.0 Å². The lowest BCUT2D eigenvalue weighted by atomic mass is 10.0. The Morgan fingerprint density at radius 1 is 1.18 bits per heavy atom. The summed E-state index contributed by atoms with van der Waals surface area (Å²) in [6.45, 7) is 1.57. The van der Waals surface area contributed by atoms with E-state index in [4.69, 9.17) is 9.15 Å². The molecule has 0 atom stereocenters. The summed E-state index contributed by atoms with van der Waals surface area (Å²) in [6.07, 6.45) is 0.455. The van der Waals surface area contributed by atoms with Crippen molar-refractivity contribution in [3.63, 3.8) is 0 Å². The van der Waals surface area contributed by atoms with E-state index in [9.17, 15) is 18.4 Å². The molecule has 1 amide bonds. The van der Waals surface area contributed by atoms with Crippen LogP contribution in [0.5, 0.6) is 5.75 Å². The van der Waals surface area contributed by atoms with E-state index in [2.05, 4.69) is 5.32 Å². The molecular weight excluding hydrogens is 368 g/mol. The number of fused-ring (bicyclic) bond motifs is 1. The van der Waals surface area contributed by atoms with Gasteiger partial charge in [0.15, 0.2) is 0 Å². The number of hydrogen-bond acceptors (Lipinski definition) is 4. The molecule has 5 nitrogen and oxygen atoms in total. The number of ether oxygens (including phenoxy) is 1. The molecule has 28 heavy (non-hydrogen) atoms. The van der Waals surface area contributed by atoms with Crippen LogP contribution in [-0.2, 0) is 17.8 Å². The molecule has 146 valence electrons. The number of amides is 1. The Bertz CT molecular complexity index is 1070. The number of hydrogen-bond donors (Lipinski definition) is 1. The fourth-order valence-corrected chi connectivity index (χ4v) is 3.00. The smallest absolute Gasteiger partial charge is 0.336 e. The molecule has 0 aliphatic rings. The zero-order valence-corrected chi connectivity index (χ0v) is 15.5. The van der Waals surface area contributed by atoms with Gasteiger partial charge in [-0.05, 0) is 42.7 Å². The molecule has 3 aromatic rings. The molecule has 3 rings (SSSR count). The van der Waals surface area contributed by atoms with E-state index in [0.717, 1.165) is 28.6 Å². The second-order valence-corrected chi connectivity index (χ2v) is 6.39. The van der Waals surface area contributed by atoms with Crippen molar-refractivity contribution in [3.05, 3.63) is 75.1 Å². The Labute approximate surface area is 159 Å². The summed E-state index contributed by atoms with van der Waals surface area (Å²) < 4.78 is 37.8. The first kappa shape index (κ1) is 19.5. The van der Waals surface area contributed by atoms with Gasteiger partial charge in [-0.3, -0.25) is 4.79 Å². The number of aryl methyl sites for hydroxylation is 2. The lowest BCUT2D eigenvalue weighted by Crippen LogP contribution is -2.24. The quantitative estimate of drug-likeness (QED) is 0.656. The first-order chi connectivity index (χ1) is 13.4. The maximum atomic E-state index is 13.6. The van der Waals surface area contributed by atoms with E-state index in [1.807, 2.05) is 6.07 Å². The minimum Gasteiger partial charge on any atom is -0.496 e. The molecule has 0 fully saturated rings. The van der Waals surface area contributed by atoms with Gasteiger partial charge in [0.25, 0.3) is 0 Å². The Hall–Kier alpha value is -3.22. The molecule has 0 spiro atoms. The average molecular weight is 387 g/mol. The van der Waals surface area contributed by atoms with Crippen LogP contribution in [0, 0.1) is 18.6 Å². The van der Waals surface area contributed by atoms with Crippen molar-refractivity contribution in [1.29, 1.82) is 0 Å². The lowest BCUT2D eigenvalue weighted by Gasteiger charge is -2.11. The standard InChI is InChI=1S/C21H19F2NO4/c1-12-8-21(26)28-19-10-18(27-2)13(9-14(12)19)6-7-20(25)24-11-15-16(22)4-3-5-17(15)23/h3-5,8-10H,6-7,11H2,1-2H3,(H,24,25). The molecule has 0 aliphatic carbocycles. The van der Waals surface area contributed by atoms with Crippen LogP contribution >= 0.6 is 0 Å².